The Bertz CT molecular complexity index is 907. The first-order chi connectivity index (χ1) is 13.4. The largest absolute Gasteiger partial charge is 0.467 e. The van der Waals surface area contributed by atoms with Crippen LogP contribution in [0, 0.1) is 31.1 Å². The molecule has 8 heteroatoms. The molecule has 8 nitrogen and oxygen atoms in total. The molecule has 1 aliphatic heterocycles. The standard InChI is InChI=1S/C20H25N5O3/c1-13-14(2)25(11-16-6-4-8-28-16)20(17(13)9-21)23-18(26)12-24-7-3-5-15(10-24)19(22)27/h4,6,8,15H,3,5,7,10-12H2,1-2H3,(H2,22,27)(H,23,26)/p+1/t15-/m1/s1. The van der Waals surface area contributed by atoms with Crippen molar-refractivity contribution in [2.45, 2.75) is 33.2 Å². The predicted octanol–water partition coefficient (Wildman–Crippen LogP) is 0.337. The summed E-state index contributed by atoms with van der Waals surface area (Å²) < 4.78 is 7.32. The van der Waals surface area contributed by atoms with Crippen molar-refractivity contribution >= 4 is 17.6 Å². The van der Waals surface area contributed by atoms with Crippen LogP contribution in [0.3, 0.4) is 0 Å². The van der Waals surface area contributed by atoms with E-state index in [2.05, 4.69) is 11.4 Å². The van der Waals surface area contributed by atoms with Gasteiger partial charge in [0, 0.05) is 5.69 Å². The van der Waals surface area contributed by atoms with Gasteiger partial charge in [-0.1, -0.05) is 0 Å². The number of furan rings is 1. The lowest BCUT2D eigenvalue weighted by Gasteiger charge is -2.27. The van der Waals surface area contributed by atoms with Gasteiger partial charge in [-0.05, 0) is 44.4 Å². The van der Waals surface area contributed by atoms with Crippen molar-refractivity contribution < 1.29 is 18.9 Å². The highest BCUT2D eigenvalue weighted by molar-refractivity contribution is 5.92. The van der Waals surface area contributed by atoms with Crippen LogP contribution in [0.4, 0.5) is 5.82 Å². The second-order valence-corrected chi connectivity index (χ2v) is 7.38. The Morgan fingerprint density at radius 1 is 1.46 bits per heavy atom. The minimum absolute atomic E-state index is 0.182. The van der Waals surface area contributed by atoms with Crippen LogP contribution in [-0.2, 0) is 16.1 Å². The predicted molar refractivity (Wildman–Crippen MR) is 103 cm³/mol. The van der Waals surface area contributed by atoms with Gasteiger partial charge in [-0.15, -0.1) is 0 Å². The van der Waals surface area contributed by atoms with Gasteiger partial charge >= 0.3 is 0 Å². The molecule has 3 rings (SSSR count). The number of likely N-dealkylation sites (tertiary alicyclic amines) is 1. The number of primary amides is 1. The maximum Gasteiger partial charge on any atom is 0.280 e. The summed E-state index contributed by atoms with van der Waals surface area (Å²) in [5.41, 5.74) is 7.63. The van der Waals surface area contributed by atoms with Crippen LogP contribution in [0.15, 0.2) is 22.8 Å². The van der Waals surface area contributed by atoms with E-state index >= 15 is 0 Å². The number of nitrogens with one attached hydrogen (secondary N) is 2. The minimum atomic E-state index is -0.303. The maximum atomic E-state index is 12.7. The zero-order valence-corrected chi connectivity index (χ0v) is 16.2. The third-order valence-corrected chi connectivity index (χ3v) is 5.52. The van der Waals surface area contributed by atoms with Gasteiger partial charge in [-0.25, -0.2) is 0 Å². The molecular weight excluding hydrogens is 358 g/mol. The van der Waals surface area contributed by atoms with E-state index < -0.39 is 0 Å². The van der Waals surface area contributed by atoms with Crippen molar-refractivity contribution in [3.05, 3.63) is 41.0 Å². The van der Waals surface area contributed by atoms with E-state index in [-0.39, 0.29) is 24.3 Å². The van der Waals surface area contributed by atoms with E-state index in [1.165, 1.54) is 0 Å². The number of amides is 2. The zero-order valence-electron chi connectivity index (χ0n) is 16.2. The van der Waals surface area contributed by atoms with E-state index in [4.69, 9.17) is 10.2 Å². The number of anilines is 1. The molecule has 0 aromatic carbocycles. The SMILES string of the molecule is Cc1c(C#N)c(NC(=O)C[NH+]2CCC[C@@H](C(N)=O)C2)n(Cc2ccco2)c1C. The Hall–Kier alpha value is -3.05. The summed E-state index contributed by atoms with van der Waals surface area (Å²) in [6, 6.07) is 5.86. The lowest BCUT2D eigenvalue weighted by atomic mass is 9.97. The monoisotopic (exact) mass is 384 g/mol. The first kappa shape index (κ1) is 19.7. The first-order valence-electron chi connectivity index (χ1n) is 9.45. The average molecular weight is 384 g/mol. The normalized spacial score (nSPS) is 19.2. The Labute approximate surface area is 163 Å². The summed E-state index contributed by atoms with van der Waals surface area (Å²) in [5, 5.41) is 12.5. The van der Waals surface area contributed by atoms with Crippen molar-refractivity contribution in [2.24, 2.45) is 11.7 Å². The minimum Gasteiger partial charge on any atom is -0.467 e. The molecule has 2 aromatic rings. The van der Waals surface area contributed by atoms with Gasteiger partial charge < -0.3 is 24.9 Å². The molecule has 0 radical (unpaired) electrons. The third kappa shape index (κ3) is 4.10. The molecule has 2 aromatic heterocycles. The molecule has 1 unspecified atom stereocenters. The van der Waals surface area contributed by atoms with E-state index in [1.54, 1.807) is 12.3 Å². The van der Waals surface area contributed by atoms with E-state index in [0.717, 1.165) is 41.3 Å². The average Bonchev–Trinajstić information content (AvgIpc) is 3.25. The smallest absolute Gasteiger partial charge is 0.280 e. The van der Waals surface area contributed by atoms with Crippen LogP contribution in [0.5, 0.6) is 0 Å². The molecular formula is C20H26N5O3+. The zero-order chi connectivity index (χ0) is 20.3. The quantitative estimate of drug-likeness (QED) is 0.665. The fraction of sp³-hybridized carbons (Fsp3) is 0.450. The Morgan fingerprint density at radius 3 is 2.89 bits per heavy atom. The second-order valence-electron chi connectivity index (χ2n) is 7.38. The molecule has 28 heavy (non-hydrogen) atoms. The molecule has 148 valence electrons. The number of carbonyl (C=O) groups is 2. The molecule has 3 heterocycles. The lowest BCUT2D eigenvalue weighted by molar-refractivity contribution is -0.899. The van der Waals surface area contributed by atoms with Crippen molar-refractivity contribution in [2.75, 3.05) is 25.0 Å². The number of piperidine rings is 1. The molecule has 0 bridgehead atoms. The number of aromatic nitrogens is 1. The van der Waals surface area contributed by atoms with Gasteiger partial charge in [-0.2, -0.15) is 5.26 Å². The molecule has 4 N–H and O–H groups in total. The molecule has 0 spiro atoms. The number of quaternary nitrogens is 1. The van der Waals surface area contributed by atoms with Gasteiger partial charge in [-0.3, -0.25) is 9.59 Å². The summed E-state index contributed by atoms with van der Waals surface area (Å²) in [6.45, 7) is 5.85. The molecule has 0 aliphatic carbocycles. The van der Waals surface area contributed by atoms with Gasteiger partial charge in [0.15, 0.2) is 6.54 Å². The first-order valence-corrected chi connectivity index (χ1v) is 9.45. The number of hydrogen-bond acceptors (Lipinski definition) is 4. The van der Waals surface area contributed by atoms with Crippen LogP contribution in [-0.4, -0.2) is 36.0 Å². The molecule has 2 atom stereocenters. The van der Waals surface area contributed by atoms with E-state index in [0.29, 0.717) is 24.5 Å². The third-order valence-electron chi connectivity index (χ3n) is 5.52. The summed E-state index contributed by atoms with van der Waals surface area (Å²) in [5.74, 6) is 0.557. The second kappa shape index (κ2) is 8.31. The lowest BCUT2D eigenvalue weighted by Crippen LogP contribution is -3.14. The number of hydrogen-bond donors (Lipinski definition) is 3. The van der Waals surface area contributed by atoms with Gasteiger partial charge in [0.1, 0.15) is 17.6 Å². The van der Waals surface area contributed by atoms with Gasteiger partial charge in [0.2, 0.25) is 5.91 Å². The van der Waals surface area contributed by atoms with Crippen molar-refractivity contribution in [1.82, 2.24) is 4.57 Å². The van der Waals surface area contributed by atoms with Crippen molar-refractivity contribution in [3.8, 4) is 6.07 Å². The van der Waals surface area contributed by atoms with Crippen molar-refractivity contribution in [3.63, 3.8) is 0 Å². The Balaban J connectivity index is 1.77. The number of rotatable bonds is 6. The number of nitriles is 1. The van der Waals surface area contributed by atoms with Crippen LogP contribution < -0.4 is 16.0 Å². The highest BCUT2D eigenvalue weighted by atomic mass is 16.3. The van der Waals surface area contributed by atoms with Crippen LogP contribution in [0.25, 0.3) is 0 Å². The van der Waals surface area contributed by atoms with Crippen LogP contribution >= 0.6 is 0 Å². The highest BCUT2D eigenvalue weighted by Crippen LogP contribution is 2.27. The van der Waals surface area contributed by atoms with Crippen LogP contribution in [0.1, 0.15) is 35.4 Å². The summed E-state index contributed by atoms with van der Waals surface area (Å²) in [6.07, 6.45) is 3.25. The Morgan fingerprint density at radius 2 is 2.25 bits per heavy atom. The van der Waals surface area contributed by atoms with E-state index in [9.17, 15) is 14.9 Å². The highest BCUT2D eigenvalue weighted by Gasteiger charge is 2.29. The topological polar surface area (TPSA) is 118 Å². The van der Waals surface area contributed by atoms with Gasteiger partial charge in [0.05, 0.1) is 37.4 Å². The van der Waals surface area contributed by atoms with Gasteiger partial charge in [0.25, 0.3) is 5.91 Å². The summed E-state index contributed by atoms with van der Waals surface area (Å²) >= 11 is 0. The molecule has 1 fully saturated rings. The number of carbonyl (C=O) groups excluding carboxylic acids is 2. The molecule has 0 saturated carbocycles. The molecule has 2 amide bonds. The summed E-state index contributed by atoms with van der Waals surface area (Å²) in [4.78, 5) is 25.2. The number of nitrogens with zero attached hydrogens (tertiary/aromatic N) is 2. The van der Waals surface area contributed by atoms with Crippen LogP contribution in [0.2, 0.25) is 0 Å². The molecule has 1 aliphatic rings. The van der Waals surface area contributed by atoms with Crippen molar-refractivity contribution in [1.29, 1.82) is 5.26 Å². The maximum absolute atomic E-state index is 12.7. The summed E-state index contributed by atoms with van der Waals surface area (Å²) in [7, 11) is 0. The molecule has 1 saturated heterocycles. The number of nitrogens with two attached hydrogens (primary N) is 1. The Kier molecular flexibility index (Phi) is 5.85. The fourth-order valence-electron chi connectivity index (χ4n) is 3.84. The fourth-order valence-corrected chi connectivity index (χ4v) is 3.84. The van der Waals surface area contributed by atoms with E-state index in [1.807, 2.05) is 24.5 Å².